The molecular weight excluding hydrogens is 224 g/mol. The molecule has 2 heterocycles. The van der Waals surface area contributed by atoms with E-state index >= 15 is 0 Å². The third-order valence-corrected chi connectivity index (χ3v) is 3.35. The van der Waals surface area contributed by atoms with Crippen molar-refractivity contribution < 1.29 is 0 Å². The Morgan fingerprint density at radius 1 is 1.33 bits per heavy atom. The highest BCUT2D eigenvalue weighted by Crippen LogP contribution is 2.23. The van der Waals surface area contributed by atoms with Gasteiger partial charge in [0, 0.05) is 18.5 Å². The van der Waals surface area contributed by atoms with E-state index in [-0.39, 0.29) is 11.3 Å². The second-order valence-corrected chi connectivity index (χ2v) is 5.94. The summed E-state index contributed by atoms with van der Waals surface area (Å²) in [5, 5.41) is 17.6. The average molecular weight is 244 g/mol. The van der Waals surface area contributed by atoms with E-state index in [4.69, 9.17) is 5.26 Å². The molecule has 18 heavy (non-hydrogen) atoms. The molecule has 4 nitrogen and oxygen atoms in total. The van der Waals surface area contributed by atoms with E-state index in [2.05, 4.69) is 41.9 Å². The van der Waals surface area contributed by atoms with Gasteiger partial charge >= 0.3 is 0 Å². The van der Waals surface area contributed by atoms with Crippen molar-refractivity contribution >= 4 is 5.82 Å². The molecule has 0 bridgehead atoms. The van der Waals surface area contributed by atoms with Crippen LogP contribution in [0.25, 0.3) is 0 Å². The monoisotopic (exact) mass is 244 g/mol. The Hall–Kier alpha value is -1.63. The third-order valence-electron chi connectivity index (χ3n) is 3.35. The van der Waals surface area contributed by atoms with E-state index in [9.17, 15) is 0 Å². The first-order chi connectivity index (χ1) is 8.50. The van der Waals surface area contributed by atoms with Gasteiger partial charge in [-0.05, 0) is 25.0 Å². The SMILES string of the molecule is CC(C)(C)c1ccc(N2CCCC(C#N)C2)nn1. The molecule has 0 amide bonds. The van der Waals surface area contributed by atoms with Crippen molar-refractivity contribution in [3.8, 4) is 6.07 Å². The van der Waals surface area contributed by atoms with Gasteiger partial charge in [0.15, 0.2) is 5.82 Å². The molecule has 0 aliphatic carbocycles. The first-order valence-corrected chi connectivity index (χ1v) is 6.49. The minimum atomic E-state index is 0.0304. The van der Waals surface area contributed by atoms with Crippen molar-refractivity contribution in [2.75, 3.05) is 18.0 Å². The second kappa shape index (κ2) is 4.93. The molecule has 1 aliphatic heterocycles. The van der Waals surface area contributed by atoms with Gasteiger partial charge in [0.2, 0.25) is 0 Å². The molecular formula is C14H20N4. The van der Waals surface area contributed by atoms with Crippen LogP contribution in [0.3, 0.4) is 0 Å². The second-order valence-electron chi connectivity index (χ2n) is 5.94. The Morgan fingerprint density at radius 2 is 2.11 bits per heavy atom. The van der Waals surface area contributed by atoms with Gasteiger partial charge in [-0.2, -0.15) is 10.4 Å². The van der Waals surface area contributed by atoms with Crippen molar-refractivity contribution in [3.05, 3.63) is 17.8 Å². The number of nitriles is 1. The summed E-state index contributed by atoms with van der Waals surface area (Å²) in [5.74, 6) is 1.02. The lowest BCUT2D eigenvalue weighted by Gasteiger charge is -2.30. The average Bonchev–Trinajstić information content (AvgIpc) is 2.38. The summed E-state index contributed by atoms with van der Waals surface area (Å²) in [6, 6.07) is 6.41. The maximum atomic E-state index is 8.99. The van der Waals surface area contributed by atoms with Crippen molar-refractivity contribution in [2.24, 2.45) is 5.92 Å². The molecule has 0 N–H and O–H groups in total. The van der Waals surface area contributed by atoms with Gasteiger partial charge in [-0.15, -0.1) is 5.10 Å². The summed E-state index contributed by atoms with van der Waals surface area (Å²) in [7, 11) is 0. The zero-order chi connectivity index (χ0) is 13.2. The third kappa shape index (κ3) is 2.79. The largest absolute Gasteiger partial charge is 0.354 e. The van der Waals surface area contributed by atoms with Crippen molar-refractivity contribution in [1.29, 1.82) is 5.26 Å². The highest BCUT2D eigenvalue weighted by molar-refractivity contribution is 5.39. The van der Waals surface area contributed by atoms with E-state index in [0.717, 1.165) is 37.4 Å². The molecule has 1 unspecified atom stereocenters. The van der Waals surface area contributed by atoms with Crippen LogP contribution in [0.2, 0.25) is 0 Å². The van der Waals surface area contributed by atoms with E-state index in [1.54, 1.807) is 0 Å². The van der Waals surface area contributed by atoms with E-state index < -0.39 is 0 Å². The Morgan fingerprint density at radius 3 is 2.67 bits per heavy atom. The van der Waals surface area contributed by atoms with Gasteiger partial charge in [0.05, 0.1) is 17.7 Å². The predicted molar refractivity (Wildman–Crippen MR) is 71.3 cm³/mol. The van der Waals surface area contributed by atoms with Crippen molar-refractivity contribution in [2.45, 2.75) is 39.0 Å². The standard InChI is InChI=1S/C14H20N4/c1-14(2,3)12-6-7-13(17-16-12)18-8-4-5-11(9-15)10-18/h6-7,11H,4-5,8,10H2,1-3H3. The molecule has 0 spiro atoms. The van der Waals surface area contributed by atoms with Crippen LogP contribution in [-0.2, 0) is 5.41 Å². The maximum Gasteiger partial charge on any atom is 0.151 e. The molecule has 0 aromatic carbocycles. The van der Waals surface area contributed by atoms with Gasteiger partial charge in [0.25, 0.3) is 0 Å². The normalized spacial score (nSPS) is 20.6. The Bertz CT molecular complexity index is 438. The highest BCUT2D eigenvalue weighted by atomic mass is 15.3. The lowest BCUT2D eigenvalue weighted by Crippen LogP contribution is -2.35. The lowest BCUT2D eigenvalue weighted by atomic mass is 9.92. The van der Waals surface area contributed by atoms with Gasteiger partial charge in [0.1, 0.15) is 0 Å². The van der Waals surface area contributed by atoms with E-state index in [1.807, 2.05) is 12.1 Å². The van der Waals surface area contributed by atoms with Gasteiger partial charge < -0.3 is 4.90 Å². The highest BCUT2D eigenvalue weighted by Gasteiger charge is 2.22. The topological polar surface area (TPSA) is 52.8 Å². The maximum absolute atomic E-state index is 8.99. The summed E-state index contributed by atoms with van der Waals surface area (Å²) < 4.78 is 0. The van der Waals surface area contributed by atoms with Crippen LogP contribution < -0.4 is 4.90 Å². The molecule has 2 rings (SSSR count). The molecule has 1 atom stereocenters. The molecule has 0 saturated carbocycles. The minimum absolute atomic E-state index is 0.0304. The summed E-state index contributed by atoms with van der Waals surface area (Å²) in [6.45, 7) is 8.14. The Balaban J connectivity index is 2.12. The van der Waals surface area contributed by atoms with Crippen LogP contribution in [-0.4, -0.2) is 23.3 Å². The van der Waals surface area contributed by atoms with Crippen LogP contribution in [0.5, 0.6) is 0 Å². The van der Waals surface area contributed by atoms with Crippen LogP contribution in [0.4, 0.5) is 5.82 Å². The number of rotatable bonds is 1. The van der Waals surface area contributed by atoms with Crippen molar-refractivity contribution in [1.82, 2.24) is 10.2 Å². The minimum Gasteiger partial charge on any atom is -0.354 e. The number of piperidine rings is 1. The number of aromatic nitrogens is 2. The predicted octanol–water partition coefficient (Wildman–Crippen LogP) is 2.51. The quantitative estimate of drug-likeness (QED) is 0.761. The Labute approximate surface area is 109 Å². The first-order valence-electron chi connectivity index (χ1n) is 6.49. The summed E-state index contributed by atoms with van der Waals surface area (Å²) in [4.78, 5) is 2.16. The van der Waals surface area contributed by atoms with Crippen LogP contribution in [0.15, 0.2) is 12.1 Å². The van der Waals surface area contributed by atoms with E-state index in [0.29, 0.717) is 0 Å². The molecule has 96 valence electrons. The first kappa shape index (κ1) is 12.8. The number of anilines is 1. The molecule has 4 heteroatoms. The van der Waals surface area contributed by atoms with Crippen LogP contribution >= 0.6 is 0 Å². The van der Waals surface area contributed by atoms with Gasteiger partial charge in [-0.1, -0.05) is 20.8 Å². The molecule has 1 fully saturated rings. The fourth-order valence-electron chi connectivity index (χ4n) is 2.18. The number of hydrogen-bond donors (Lipinski definition) is 0. The number of hydrogen-bond acceptors (Lipinski definition) is 4. The molecule has 1 aliphatic rings. The summed E-state index contributed by atoms with van der Waals surface area (Å²) in [6.07, 6.45) is 2.06. The summed E-state index contributed by atoms with van der Waals surface area (Å²) in [5.41, 5.74) is 1.03. The van der Waals surface area contributed by atoms with E-state index in [1.165, 1.54) is 0 Å². The zero-order valence-electron chi connectivity index (χ0n) is 11.3. The van der Waals surface area contributed by atoms with Gasteiger partial charge in [-0.25, -0.2) is 0 Å². The smallest absolute Gasteiger partial charge is 0.151 e. The van der Waals surface area contributed by atoms with Crippen molar-refractivity contribution in [3.63, 3.8) is 0 Å². The fraction of sp³-hybridized carbons (Fsp3) is 0.643. The number of nitrogens with zero attached hydrogens (tertiary/aromatic N) is 4. The Kier molecular flexibility index (Phi) is 3.51. The van der Waals surface area contributed by atoms with Crippen LogP contribution in [0, 0.1) is 17.2 Å². The molecule has 0 radical (unpaired) electrons. The zero-order valence-corrected chi connectivity index (χ0v) is 11.3. The molecule has 1 aromatic heterocycles. The summed E-state index contributed by atoms with van der Waals surface area (Å²) >= 11 is 0. The molecule has 1 aromatic rings. The van der Waals surface area contributed by atoms with Crippen LogP contribution in [0.1, 0.15) is 39.3 Å². The fourth-order valence-corrected chi connectivity index (χ4v) is 2.18. The lowest BCUT2D eigenvalue weighted by molar-refractivity contribution is 0.487. The van der Waals surface area contributed by atoms with Gasteiger partial charge in [-0.3, -0.25) is 0 Å². The molecule has 1 saturated heterocycles.